The van der Waals surface area contributed by atoms with Gasteiger partial charge in [-0.3, -0.25) is 0 Å². The standard InChI is InChI=1S/C17H15ClF3N5S/c1-26(2)27-25-13-5-4-12(18)16-11(13)3-6-14(24-16)23-15-9-10(7-8-22-15)17(19,20)21/h3-9,25H,1-2H3,(H,22,23,24). The van der Waals surface area contributed by atoms with Gasteiger partial charge in [0.1, 0.15) is 11.6 Å². The van der Waals surface area contributed by atoms with E-state index in [1.165, 1.54) is 12.1 Å². The van der Waals surface area contributed by atoms with Crippen LogP contribution in [-0.4, -0.2) is 28.4 Å². The van der Waals surface area contributed by atoms with E-state index in [1.807, 2.05) is 24.5 Å². The first kappa shape index (κ1) is 19.5. The number of pyridine rings is 2. The van der Waals surface area contributed by atoms with Crippen LogP contribution >= 0.6 is 23.7 Å². The monoisotopic (exact) mass is 413 g/mol. The molecule has 1 aromatic carbocycles. The molecule has 2 N–H and O–H groups in total. The quantitative estimate of drug-likeness (QED) is 0.532. The molecule has 2 aromatic heterocycles. The summed E-state index contributed by atoms with van der Waals surface area (Å²) in [7, 11) is 3.80. The Morgan fingerprint density at radius 2 is 1.85 bits per heavy atom. The summed E-state index contributed by atoms with van der Waals surface area (Å²) in [5.74, 6) is 0.388. The number of benzene rings is 1. The zero-order valence-electron chi connectivity index (χ0n) is 14.3. The second-order valence-corrected chi connectivity index (χ2v) is 7.27. The third-order valence-corrected chi connectivity index (χ3v) is 4.47. The number of nitrogens with one attached hydrogen (secondary N) is 2. The molecular formula is C17H15ClF3N5S. The molecule has 0 atom stereocenters. The molecule has 0 aliphatic rings. The molecule has 0 fully saturated rings. The molecule has 0 saturated heterocycles. The topological polar surface area (TPSA) is 53.1 Å². The highest BCUT2D eigenvalue weighted by molar-refractivity contribution is 7.98. The molecule has 2 heterocycles. The minimum Gasteiger partial charge on any atom is -0.325 e. The maximum atomic E-state index is 12.8. The van der Waals surface area contributed by atoms with E-state index in [2.05, 4.69) is 20.0 Å². The van der Waals surface area contributed by atoms with Crippen molar-refractivity contribution in [3.05, 3.63) is 53.2 Å². The molecule has 142 valence electrons. The Labute approximate surface area is 163 Å². The normalized spacial score (nSPS) is 11.8. The first-order valence-corrected chi connectivity index (χ1v) is 8.89. The molecule has 0 unspecified atom stereocenters. The lowest BCUT2D eigenvalue weighted by atomic mass is 10.2. The van der Waals surface area contributed by atoms with E-state index < -0.39 is 11.7 Å². The summed E-state index contributed by atoms with van der Waals surface area (Å²) in [5.41, 5.74) is 0.563. The van der Waals surface area contributed by atoms with Gasteiger partial charge in [-0.1, -0.05) is 11.6 Å². The van der Waals surface area contributed by atoms with Crippen LogP contribution in [0.4, 0.5) is 30.5 Å². The molecule has 0 bridgehead atoms. The number of hydrogen-bond donors (Lipinski definition) is 2. The van der Waals surface area contributed by atoms with Gasteiger partial charge in [-0.05, 0) is 50.5 Å². The van der Waals surface area contributed by atoms with Gasteiger partial charge < -0.3 is 10.0 Å². The van der Waals surface area contributed by atoms with Crippen LogP contribution in [0.2, 0.25) is 5.02 Å². The lowest BCUT2D eigenvalue weighted by Gasteiger charge is -2.14. The zero-order chi connectivity index (χ0) is 19.6. The van der Waals surface area contributed by atoms with Crippen LogP contribution in [0.1, 0.15) is 5.56 Å². The van der Waals surface area contributed by atoms with E-state index in [0.717, 1.165) is 29.4 Å². The lowest BCUT2D eigenvalue weighted by Crippen LogP contribution is -2.06. The number of fused-ring (bicyclic) bond motifs is 1. The van der Waals surface area contributed by atoms with E-state index in [-0.39, 0.29) is 5.82 Å². The average Bonchev–Trinajstić information content (AvgIpc) is 2.61. The Bertz CT molecular complexity index is 965. The minimum atomic E-state index is -4.44. The van der Waals surface area contributed by atoms with Crippen molar-refractivity contribution >= 4 is 52.0 Å². The Morgan fingerprint density at radius 3 is 2.56 bits per heavy atom. The van der Waals surface area contributed by atoms with E-state index in [4.69, 9.17) is 11.6 Å². The van der Waals surface area contributed by atoms with Crippen LogP contribution in [0.5, 0.6) is 0 Å². The Hall–Kier alpha value is -2.23. The third-order valence-electron chi connectivity index (χ3n) is 3.49. The van der Waals surface area contributed by atoms with Gasteiger partial charge in [-0.2, -0.15) is 13.2 Å². The molecule has 3 rings (SSSR count). The molecule has 0 radical (unpaired) electrons. The summed E-state index contributed by atoms with van der Waals surface area (Å²) >= 11 is 7.65. The zero-order valence-corrected chi connectivity index (χ0v) is 15.9. The van der Waals surface area contributed by atoms with Crippen molar-refractivity contribution in [1.29, 1.82) is 0 Å². The summed E-state index contributed by atoms with van der Waals surface area (Å²) in [6, 6.07) is 8.84. The van der Waals surface area contributed by atoms with Crippen molar-refractivity contribution in [3.8, 4) is 0 Å². The number of rotatable bonds is 5. The van der Waals surface area contributed by atoms with Crippen molar-refractivity contribution < 1.29 is 13.2 Å². The van der Waals surface area contributed by atoms with E-state index in [9.17, 15) is 13.2 Å². The van der Waals surface area contributed by atoms with E-state index >= 15 is 0 Å². The molecule has 27 heavy (non-hydrogen) atoms. The maximum absolute atomic E-state index is 12.8. The Balaban J connectivity index is 1.92. The smallest absolute Gasteiger partial charge is 0.325 e. The fourth-order valence-corrected chi connectivity index (χ4v) is 2.96. The number of aromatic nitrogens is 2. The average molecular weight is 414 g/mol. The molecule has 10 heteroatoms. The van der Waals surface area contributed by atoms with Crippen LogP contribution < -0.4 is 10.0 Å². The van der Waals surface area contributed by atoms with Gasteiger partial charge in [0.25, 0.3) is 0 Å². The van der Waals surface area contributed by atoms with Gasteiger partial charge >= 0.3 is 6.18 Å². The van der Waals surface area contributed by atoms with Gasteiger partial charge in [-0.25, -0.2) is 14.3 Å². The van der Waals surface area contributed by atoms with Crippen molar-refractivity contribution in [2.45, 2.75) is 6.18 Å². The molecule has 3 aromatic rings. The Kier molecular flexibility index (Phi) is 5.64. The highest BCUT2D eigenvalue weighted by Crippen LogP contribution is 2.33. The van der Waals surface area contributed by atoms with Gasteiger partial charge in [0.2, 0.25) is 0 Å². The number of hydrogen-bond acceptors (Lipinski definition) is 6. The molecule has 0 aliphatic heterocycles. The van der Waals surface area contributed by atoms with Crippen LogP contribution in [-0.2, 0) is 6.18 Å². The summed E-state index contributed by atoms with van der Waals surface area (Å²) in [5, 5.41) is 4.02. The maximum Gasteiger partial charge on any atom is 0.416 e. The van der Waals surface area contributed by atoms with Gasteiger partial charge in [0, 0.05) is 23.7 Å². The minimum absolute atomic E-state index is 0.0465. The van der Waals surface area contributed by atoms with Gasteiger partial charge in [0.15, 0.2) is 0 Å². The summed E-state index contributed by atoms with van der Waals surface area (Å²) in [6.07, 6.45) is -3.34. The number of alkyl halides is 3. The molecule has 0 spiro atoms. The number of anilines is 3. The fourth-order valence-electron chi connectivity index (χ4n) is 2.29. The SMILES string of the molecule is CN(C)SNc1ccc(Cl)c2nc(Nc3cc(C(F)(F)F)ccn3)ccc12. The second kappa shape index (κ2) is 7.79. The first-order valence-electron chi connectivity index (χ1n) is 7.74. The molecule has 5 nitrogen and oxygen atoms in total. The van der Waals surface area contributed by atoms with Crippen molar-refractivity contribution in [2.75, 3.05) is 24.1 Å². The van der Waals surface area contributed by atoms with Crippen LogP contribution in [0, 0.1) is 0 Å². The van der Waals surface area contributed by atoms with Gasteiger partial charge in [-0.15, -0.1) is 0 Å². The van der Waals surface area contributed by atoms with E-state index in [1.54, 1.807) is 18.2 Å². The predicted octanol–water partition coefficient (Wildman–Crippen LogP) is 5.58. The predicted molar refractivity (Wildman–Crippen MR) is 104 cm³/mol. The van der Waals surface area contributed by atoms with E-state index in [0.29, 0.717) is 16.4 Å². The van der Waals surface area contributed by atoms with Crippen molar-refractivity contribution in [2.24, 2.45) is 0 Å². The highest BCUT2D eigenvalue weighted by atomic mass is 35.5. The fraction of sp³-hybridized carbons (Fsp3) is 0.176. The van der Waals surface area contributed by atoms with Crippen molar-refractivity contribution in [1.82, 2.24) is 14.3 Å². The summed E-state index contributed by atoms with van der Waals surface area (Å²) in [4.78, 5) is 8.33. The summed E-state index contributed by atoms with van der Waals surface area (Å²) in [6.45, 7) is 0. The summed E-state index contributed by atoms with van der Waals surface area (Å²) < 4.78 is 43.6. The van der Waals surface area contributed by atoms with Gasteiger partial charge in [0.05, 0.1) is 21.8 Å². The van der Waals surface area contributed by atoms with Crippen LogP contribution in [0.3, 0.4) is 0 Å². The first-order chi connectivity index (χ1) is 12.7. The van der Waals surface area contributed by atoms with Crippen molar-refractivity contribution in [3.63, 3.8) is 0 Å². The molecular weight excluding hydrogens is 399 g/mol. The molecule has 0 aliphatic carbocycles. The lowest BCUT2D eigenvalue weighted by molar-refractivity contribution is -0.137. The van der Waals surface area contributed by atoms with Crippen LogP contribution in [0.15, 0.2) is 42.6 Å². The third kappa shape index (κ3) is 4.74. The second-order valence-electron chi connectivity index (χ2n) is 5.75. The van der Waals surface area contributed by atoms with Crippen LogP contribution in [0.25, 0.3) is 10.9 Å². The number of nitrogens with zero attached hydrogens (tertiary/aromatic N) is 3. The Morgan fingerprint density at radius 1 is 1.07 bits per heavy atom. The highest BCUT2D eigenvalue weighted by Gasteiger charge is 2.30. The largest absolute Gasteiger partial charge is 0.416 e. The molecule has 0 saturated carbocycles. The number of halogens is 4. The molecule has 0 amide bonds.